The van der Waals surface area contributed by atoms with Gasteiger partial charge in [-0.1, -0.05) is 0 Å². The summed E-state index contributed by atoms with van der Waals surface area (Å²) in [5.74, 6) is 2.51. The molecule has 0 saturated heterocycles. The van der Waals surface area contributed by atoms with Crippen LogP contribution in [0.5, 0.6) is 0 Å². The van der Waals surface area contributed by atoms with Gasteiger partial charge in [-0.25, -0.2) is 0 Å². The van der Waals surface area contributed by atoms with E-state index in [0.717, 1.165) is 0 Å². The molecule has 1 N–H and O–H groups in total. The molecule has 0 aliphatic carbocycles. The minimum absolute atomic E-state index is 0.116. The van der Waals surface area contributed by atoms with E-state index in [0.29, 0.717) is 0 Å². The van der Waals surface area contributed by atoms with Crippen LogP contribution in [0, 0.1) is 5.75 Å². The second-order valence-electron chi connectivity index (χ2n) is 2.90. The van der Waals surface area contributed by atoms with Crippen molar-refractivity contribution < 1.29 is 27.9 Å². The minimum atomic E-state index is -4.64. The van der Waals surface area contributed by atoms with Crippen molar-refractivity contribution in [2.24, 2.45) is 0 Å². The third-order valence-corrected chi connectivity index (χ3v) is 2.35. The van der Waals surface area contributed by atoms with Gasteiger partial charge in [0, 0.05) is 0 Å². The van der Waals surface area contributed by atoms with Crippen molar-refractivity contribution in [3.63, 3.8) is 0 Å². The van der Waals surface area contributed by atoms with E-state index in [1.165, 1.54) is 0 Å². The van der Waals surface area contributed by atoms with Crippen LogP contribution in [0.15, 0.2) is 0 Å². The SMILES string of the molecule is C[N+](C)(C#P=O)CCOP(=O)([O-])O. The number of phosphoric ester groups is 1. The van der Waals surface area contributed by atoms with E-state index in [9.17, 15) is 14.0 Å². The summed E-state index contributed by atoms with van der Waals surface area (Å²) in [6.07, 6.45) is 0. The van der Waals surface area contributed by atoms with E-state index in [4.69, 9.17) is 4.89 Å². The van der Waals surface area contributed by atoms with Gasteiger partial charge in [0.1, 0.15) is 0 Å². The number of quaternary nitrogens is 1. The molecule has 0 aliphatic heterocycles. The Hall–Kier alpha value is 0.0800. The molecule has 0 aromatic carbocycles. The standard InChI is InChI=1S/C5H11NO5P2/c1-6(2,5-12-7)3-4-11-13(8,9)10/h3-4H2,1-2H3,(H-,8,9,10). The van der Waals surface area contributed by atoms with Crippen LogP contribution >= 0.6 is 15.7 Å². The first-order valence-electron chi connectivity index (χ1n) is 3.38. The second-order valence-corrected chi connectivity index (χ2v) is 4.48. The summed E-state index contributed by atoms with van der Waals surface area (Å²) in [7, 11) is -1.56. The fraction of sp³-hybridized carbons (Fsp3) is 0.800. The first-order valence-corrected chi connectivity index (χ1v) is 5.68. The number of hydrogen-bond donors (Lipinski definition) is 1. The Kier molecular flexibility index (Phi) is 5.11. The van der Waals surface area contributed by atoms with Crippen molar-refractivity contribution in [3.8, 4) is 5.75 Å². The van der Waals surface area contributed by atoms with Crippen molar-refractivity contribution in [1.29, 1.82) is 0 Å². The Morgan fingerprint density at radius 3 is 2.62 bits per heavy atom. The van der Waals surface area contributed by atoms with E-state index in [1.54, 1.807) is 14.1 Å². The van der Waals surface area contributed by atoms with Crippen LogP contribution in [-0.2, 0) is 13.7 Å². The molecule has 0 heterocycles. The fourth-order valence-corrected chi connectivity index (χ4v) is 1.18. The topological polar surface area (TPSA) is 86.7 Å². The van der Waals surface area contributed by atoms with Crippen LogP contribution in [-0.4, -0.2) is 36.6 Å². The first kappa shape index (κ1) is 13.1. The summed E-state index contributed by atoms with van der Waals surface area (Å²) in [5.41, 5.74) is 0. The number of phosphoric acid groups is 1. The van der Waals surface area contributed by atoms with Gasteiger partial charge in [-0.15, -0.1) is 0 Å². The molecule has 76 valence electrons. The van der Waals surface area contributed by atoms with Crippen molar-refractivity contribution >= 4 is 15.7 Å². The van der Waals surface area contributed by atoms with E-state index < -0.39 is 7.82 Å². The van der Waals surface area contributed by atoms with Crippen LogP contribution in [0.2, 0.25) is 0 Å². The van der Waals surface area contributed by atoms with Crippen LogP contribution in [0.1, 0.15) is 0 Å². The zero-order chi connectivity index (χ0) is 10.5. The van der Waals surface area contributed by atoms with Gasteiger partial charge in [0.25, 0.3) is 0 Å². The monoisotopic (exact) mass is 227 g/mol. The number of likely N-dealkylation sites (N-methyl/N-ethyl adjacent to an activating group) is 1. The molecule has 0 aromatic heterocycles. The second kappa shape index (κ2) is 5.08. The Labute approximate surface area is 77.5 Å². The average molecular weight is 227 g/mol. The van der Waals surface area contributed by atoms with E-state index in [-0.39, 0.29) is 25.6 Å². The molecular weight excluding hydrogens is 216 g/mol. The van der Waals surface area contributed by atoms with Gasteiger partial charge in [0.05, 0.1) is 0 Å². The van der Waals surface area contributed by atoms with Gasteiger partial charge in [-0.3, -0.25) is 0 Å². The molecule has 0 amide bonds. The van der Waals surface area contributed by atoms with Crippen LogP contribution in [0.3, 0.4) is 0 Å². The van der Waals surface area contributed by atoms with Crippen molar-refractivity contribution in [1.82, 2.24) is 0 Å². The van der Waals surface area contributed by atoms with Gasteiger partial charge >= 0.3 is 76.7 Å². The van der Waals surface area contributed by atoms with E-state index >= 15 is 0 Å². The maximum atomic E-state index is 10.1. The van der Waals surface area contributed by atoms with Crippen molar-refractivity contribution in [3.05, 3.63) is 0 Å². The zero-order valence-corrected chi connectivity index (χ0v) is 9.12. The van der Waals surface area contributed by atoms with Crippen molar-refractivity contribution in [2.75, 3.05) is 27.2 Å². The number of rotatable bonds is 4. The molecule has 8 heteroatoms. The van der Waals surface area contributed by atoms with Gasteiger partial charge in [-0.2, -0.15) is 0 Å². The Morgan fingerprint density at radius 2 is 2.23 bits per heavy atom. The summed E-state index contributed by atoms with van der Waals surface area (Å²) >= 11 is 0. The van der Waals surface area contributed by atoms with Crippen LogP contribution < -0.4 is 4.89 Å². The average Bonchev–Trinajstić information content (AvgIpc) is 1.82. The Bertz CT molecular complexity index is 302. The summed E-state index contributed by atoms with van der Waals surface area (Å²) in [5, 5.41) is 0. The van der Waals surface area contributed by atoms with Gasteiger partial charge in [-0.05, 0) is 0 Å². The molecule has 0 radical (unpaired) electrons. The molecule has 0 rings (SSSR count). The quantitative estimate of drug-likeness (QED) is 0.528. The van der Waals surface area contributed by atoms with Gasteiger partial charge in [0.15, 0.2) is 0 Å². The molecule has 6 nitrogen and oxygen atoms in total. The fourth-order valence-electron chi connectivity index (χ4n) is 0.545. The first-order chi connectivity index (χ1) is 5.77. The molecule has 0 aromatic rings. The molecule has 0 fully saturated rings. The van der Waals surface area contributed by atoms with Crippen LogP contribution in [0.25, 0.3) is 0 Å². The molecule has 0 spiro atoms. The van der Waals surface area contributed by atoms with Gasteiger partial charge in [0.2, 0.25) is 0 Å². The number of nitrogens with zero attached hydrogens (tertiary/aromatic N) is 1. The Balaban J connectivity index is 3.95. The molecule has 1 atom stereocenters. The van der Waals surface area contributed by atoms with Gasteiger partial charge < -0.3 is 0 Å². The predicted octanol–water partition coefficient (Wildman–Crippen LogP) is -0.252. The molecule has 1 unspecified atom stereocenters. The summed E-state index contributed by atoms with van der Waals surface area (Å²) in [6, 6.07) is 0. The maximum absolute atomic E-state index is 10.1. The molecule has 13 heavy (non-hydrogen) atoms. The molecular formula is C5H11NO5P2. The van der Waals surface area contributed by atoms with E-state index in [2.05, 4.69) is 10.3 Å². The van der Waals surface area contributed by atoms with Crippen molar-refractivity contribution in [2.45, 2.75) is 0 Å². The molecule has 0 bridgehead atoms. The molecule has 0 aliphatic rings. The summed E-state index contributed by atoms with van der Waals surface area (Å²) in [6.45, 7) is 0.0782. The predicted molar refractivity (Wildman–Crippen MR) is 44.2 cm³/mol. The third kappa shape index (κ3) is 8.41. The zero-order valence-electron chi connectivity index (χ0n) is 7.34. The van der Waals surface area contributed by atoms with E-state index in [1.807, 2.05) is 0 Å². The summed E-state index contributed by atoms with van der Waals surface area (Å²) < 4.78 is 24.5. The normalized spacial score (nSPS) is 16.0. The summed E-state index contributed by atoms with van der Waals surface area (Å²) in [4.78, 5) is 18.4. The number of hydrogen-bond acceptors (Lipinski definition) is 4. The Morgan fingerprint density at radius 1 is 1.69 bits per heavy atom. The molecule has 0 saturated carbocycles. The van der Waals surface area contributed by atoms with Crippen LogP contribution in [0.4, 0.5) is 0 Å². The third-order valence-electron chi connectivity index (χ3n) is 1.22.